The fraction of sp³-hybridized carbons (Fsp3) is 0.529. The van der Waals surface area contributed by atoms with E-state index in [1.165, 1.54) is 18.2 Å². The molecule has 0 radical (unpaired) electrons. The highest BCUT2D eigenvalue weighted by Crippen LogP contribution is 2.48. The molecule has 3 rings (SSSR count). The van der Waals surface area contributed by atoms with Gasteiger partial charge in [-0.25, -0.2) is 4.39 Å². The van der Waals surface area contributed by atoms with Crippen LogP contribution in [0.15, 0.2) is 18.2 Å². The number of carbonyl (C=O) groups is 2. The second-order valence-corrected chi connectivity index (χ2v) is 6.60. The summed E-state index contributed by atoms with van der Waals surface area (Å²) in [6.07, 6.45) is 3.13. The number of anilines is 1. The van der Waals surface area contributed by atoms with Crippen LogP contribution in [0.25, 0.3) is 0 Å². The zero-order chi connectivity index (χ0) is 16.6. The highest BCUT2D eigenvalue weighted by Gasteiger charge is 2.48. The standard InChI is InChI=1S/C17H21FN2O3/c1-9-6-12(4-5-14(9)18)19-16(22)17(23)20-15-11-3-2-10(7-11)13(15)8-21/h4-6,10-11,13,15,21H,2-3,7-8H2,1H3,(H,19,22)(H,20,23)/t10-,11-,13-,15-/m0/s1. The molecule has 5 nitrogen and oxygen atoms in total. The number of benzene rings is 1. The van der Waals surface area contributed by atoms with E-state index in [-0.39, 0.29) is 24.4 Å². The van der Waals surface area contributed by atoms with Crippen molar-refractivity contribution in [1.29, 1.82) is 0 Å². The Kier molecular flexibility index (Phi) is 4.35. The molecule has 2 aliphatic carbocycles. The number of hydrogen-bond acceptors (Lipinski definition) is 3. The summed E-state index contributed by atoms with van der Waals surface area (Å²) < 4.78 is 13.2. The average molecular weight is 320 g/mol. The smallest absolute Gasteiger partial charge is 0.313 e. The van der Waals surface area contributed by atoms with Crippen molar-refractivity contribution < 1.29 is 19.1 Å². The highest BCUT2D eigenvalue weighted by molar-refractivity contribution is 6.39. The molecule has 0 heterocycles. The molecule has 0 unspecified atom stereocenters. The van der Waals surface area contributed by atoms with Crippen LogP contribution in [0.3, 0.4) is 0 Å². The fourth-order valence-corrected chi connectivity index (χ4v) is 4.03. The van der Waals surface area contributed by atoms with Gasteiger partial charge in [-0.1, -0.05) is 0 Å². The summed E-state index contributed by atoms with van der Waals surface area (Å²) >= 11 is 0. The maximum Gasteiger partial charge on any atom is 0.313 e. The zero-order valence-electron chi connectivity index (χ0n) is 13.0. The molecule has 23 heavy (non-hydrogen) atoms. The lowest BCUT2D eigenvalue weighted by Crippen LogP contribution is -2.48. The monoisotopic (exact) mass is 320 g/mol. The first kappa shape index (κ1) is 15.9. The molecule has 4 atom stereocenters. The quantitative estimate of drug-likeness (QED) is 0.740. The molecule has 0 saturated heterocycles. The van der Waals surface area contributed by atoms with Crippen LogP contribution >= 0.6 is 0 Å². The van der Waals surface area contributed by atoms with Gasteiger partial charge in [-0.15, -0.1) is 0 Å². The molecule has 2 bridgehead atoms. The van der Waals surface area contributed by atoms with Gasteiger partial charge < -0.3 is 15.7 Å². The van der Waals surface area contributed by atoms with E-state index < -0.39 is 11.8 Å². The van der Waals surface area contributed by atoms with E-state index >= 15 is 0 Å². The molecule has 2 amide bonds. The Balaban J connectivity index is 1.61. The van der Waals surface area contributed by atoms with E-state index in [1.807, 2.05) is 0 Å². The third-order valence-electron chi connectivity index (χ3n) is 5.22. The number of rotatable bonds is 3. The van der Waals surface area contributed by atoms with Crippen LogP contribution in [-0.2, 0) is 9.59 Å². The number of halogens is 1. The van der Waals surface area contributed by atoms with Crippen molar-refractivity contribution in [2.45, 2.75) is 32.2 Å². The van der Waals surface area contributed by atoms with Gasteiger partial charge in [0.1, 0.15) is 5.82 Å². The predicted octanol–water partition coefficient (Wildman–Crippen LogP) is 1.60. The van der Waals surface area contributed by atoms with Gasteiger partial charge in [-0.05, 0) is 61.8 Å². The van der Waals surface area contributed by atoms with Crippen LogP contribution in [0.2, 0.25) is 0 Å². The molecule has 0 spiro atoms. The third kappa shape index (κ3) is 3.08. The molecule has 124 valence electrons. The molecule has 2 aliphatic rings. The van der Waals surface area contributed by atoms with Crippen molar-refractivity contribution in [3.05, 3.63) is 29.6 Å². The van der Waals surface area contributed by atoms with Crippen molar-refractivity contribution >= 4 is 17.5 Å². The van der Waals surface area contributed by atoms with Gasteiger partial charge in [0, 0.05) is 24.3 Å². The lowest BCUT2D eigenvalue weighted by Gasteiger charge is -2.30. The largest absolute Gasteiger partial charge is 0.396 e. The Labute approximate surface area is 134 Å². The van der Waals surface area contributed by atoms with Crippen molar-refractivity contribution in [2.24, 2.45) is 17.8 Å². The number of hydrogen-bond donors (Lipinski definition) is 3. The minimum Gasteiger partial charge on any atom is -0.396 e. The summed E-state index contributed by atoms with van der Waals surface area (Å²) in [5.41, 5.74) is 0.785. The van der Waals surface area contributed by atoms with Gasteiger partial charge >= 0.3 is 11.8 Å². The van der Waals surface area contributed by atoms with Crippen LogP contribution in [0, 0.1) is 30.5 Å². The molecule has 6 heteroatoms. The first-order chi connectivity index (χ1) is 11.0. The number of aryl methyl sites for hydroxylation is 1. The van der Waals surface area contributed by atoms with Crippen LogP contribution in [0.4, 0.5) is 10.1 Å². The lowest BCUT2D eigenvalue weighted by molar-refractivity contribution is -0.137. The Bertz CT molecular complexity index is 634. The molecule has 1 aromatic carbocycles. The first-order valence-corrected chi connectivity index (χ1v) is 7.98. The molecule has 1 aromatic rings. The molecule has 2 fully saturated rings. The van der Waals surface area contributed by atoms with Crippen molar-refractivity contribution in [3.63, 3.8) is 0 Å². The lowest BCUT2D eigenvalue weighted by atomic mass is 9.85. The molecule has 2 saturated carbocycles. The van der Waals surface area contributed by atoms with Crippen LogP contribution in [-0.4, -0.2) is 29.6 Å². The normalized spacial score (nSPS) is 28.7. The van der Waals surface area contributed by atoms with Crippen molar-refractivity contribution in [3.8, 4) is 0 Å². The molecular weight excluding hydrogens is 299 g/mol. The van der Waals surface area contributed by atoms with Crippen molar-refractivity contribution in [2.75, 3.05) is 11.9 Å². The Morgan fingerprint density at radius 3 is 2.70 bits per heavy atom. The summed E-state index contributed by atoms with van der Waals surface area (Å²) in [5, 5.41) is 14.8. The summed E-state index contributed by atoms with van der Waals surface area (Å²) in [6.45, 7) is 1.62. The minimum absolute atomic E-state index is 0.0326. The molecule has 3 N–H and O–H groups in total. The number of nitrogens with one attached hydrogen (secondary N) is 2. The van der Waals surface area contributed by atoms with Gasteiger partial charge in [0.05, 0.1) is 0 Å². The van der Waals surface area contributed by atoms with Gasteiger partial charge in [-0.3, -0.25) is 9.59 Å². The Morgan fingerprint density at radius 1 is 1.26 bits per heavy atom. The zero-order valence-corrected chi connectivity index (χ0v) is 13.0. The fourth-order valence-electron chi connectivity index (χ4n) is 4.03. The van der Waals surface area contributed by atoms with Gasteiger partial charge in [0.2, 0.25) is 0 Å². The summed E-state index contributed by atoms with van der Waals surface area (Å²) in [7, 11) is 0. The Morgan fingerprint density at radius 2 is 2.00 bits per heavy atom. The van der Waals surface area contributed by atoms with Crippen LogP contribution < -0.4 is 10.6 Å². The summed E-state index contributed by atoms with van der Waals surface area (Å²) in [5.74, 6) is -1.00. The highest BCUT2D eigenvalue weighted by atomic mass is 19.1. The Hall–Kier alpha value is -1.95. The van der Waals surface area contributed by atoms with Gasteiger partial charge in [0.15, 0.2) is 0 Å². The average Bonchev–Trinajstić information content (AvgIpc) is 3.12. The first-order valence-electron chi connectivity index (χ1n) is 7.98. The van der Waals surface area contributed by atoms with E-state index in [9.17, 15) is 19.1 Å². The summed E-state index contributed by atoms with van der Waals surface area (Å²) in [4.78, 5) is 24.1. The van der Waals surface area contributed by atoms with E-state index in [0.717, 1.165) is 19.3 Å². The van der Waals surface area contributed by atoms with E-state index in [4.69, 9.17) is 0 Å². The number of aliphatic hydroxyl groups is 1. The second-order valence-electron chi connectivity index (χ2n) is 6.60. The number of fused-ring (bicyclic) bond motifs is 2. The van der Waals surface area contributed by atoms with Crippen LogP contribution in [0.5, 0.6) is 0 Å². The van der Waals surface area contributed by atoms with Gasteiger partial charge in [0.25, 0.3) is 0 Å². The van der Waals surface area contributed by atoms with Crippen LogP contribution in [0.1, 0.15) is 24.8 Å². The number of carbonyl (C=O) groups excluding carboxylic acids is 2. The third-order valence-corrected chi connectivity index (χ3v) is 5.22. The SMILES string of the molecule is Cc1cc(NC(=O)C(=O)N[C@H]2[C@H]3CC[C@@H](C3)[C@@H]2CO)ccc1F. The molecule has 0 aliphatic heterocycles. The number of aliphatic hydroxyl groups excluding tert-OH is 1. The summed E-state index contributed by atoms with van der Waals surface area (Å²) in [6, 6.07) is 4.02. The molecular formula is C17H21FN2O3. The maximum atomic E-state index is 13.2. The molecule has 0 aromatic heterocycles. The van der Waals surface area contributed by atoms with E-state index in [1.54, 1.807) is 6.92 Å². The minimum atomic E-state index is -0.768. The van der Waals surface area contributed by atoms with Gasteiger partial charge in [-0.2, -0.15) is 0 Å². The maximum absolute atomic E-state index is 13.2. The number of amides is 2. The van der Waals surface area contributed by atoms with E-state index in [0.29, 0.717) is 23.1 Å². The van der Waals surface area contributed by atoms with E-state index in [2.05, 4.69) is 10.6 Å². The second kappa shape index (κ2) is 6.28. The van der Waals surface area contributed by atoms with Crippen molar-refractivity contribution in [1.82, 2.24) is 5.32 Å². The predicted molar refractivity (Wildman–Crippen MR) is 83.1 cm³/mol. The topological polar surface area (TPSA) is 78.4 Å².